The van der Waals surface area contributed by atoms with Crippen LogP contribution in [0.2, 0.25) is 0 Å². The van der Waals surface area contributed by atoms with E-state index in [9.17, 15) is 31.1 Å². The summed E-state index contributed by atoms with van der Waals surface area (Å²) in [7, 11) is 1.11. The Morgan fingerprint density at radius 3 is 2.26 bits per heavy atom. The van der Waals surface area contributed by atoms with Gasteiger partial charge in [-0.05, 0) is 29.8 Å². The van der Waals surface area contributed by atoms with Crippen molar-refractivity contribution >= 4 is 12.3 Å². The molecule has 1 aromatic rings. The molecule has 0 aliphatic heterocycles. The molecule has 0 aromatic heterocycles. The van der Waals surface area contributed by atoms with E-state index in [0.29, 0.717) is 5.56 Å². The van der Waals surface area contributed by atoms with E-state index in [4.69, 9.17) is 0 Å². The van der Waals surface area contributed by atoms with Crippen LogP contribution in [0.4, 0.5) is 31.1 Å². The molecule has 1 rings (SSSR count). The molecule has 0 saturated heterocycles. The van der Waals surface area contributed by atoms with Gasteiger partial charge >= 0.3 is 18.4 Å². The largest absolute Gasteiger partial charge is 0.452 e. The zero-order valence-electron chi connectivity index (χ0n) is 11.4. The van der Waals surface area contributed by atoms with E-state index in [2.05, 4.69) is 14.6 Å². The summed E-state index contributed by atoms with van der Waals surface area (Å²) in [5, 5.41) is 3.43. The third-order valence-electron chi connectivity index (χ3n) is 2.27. The van der Waals surface area contributed by atoms with Crippen LogP contribution >= 0.6 is 0 Å². The van der Waals surface area contributed by atoms with Crippen molar-refractivity contribution in [2.24, 2.45) is 5.10 Å². The monoisotopic (exact) mass is 344 g/mol. The van der Waals surface area contributed by atoms with Crippen LogP contribution in [0.1, 0.15) is 5.56 Å². The lowest BCUT2D eigenvalue weighted by molar-refractivity contribution is -0.304. The normalized spacial score (nSPS) is 13.7. The van der Waals surface area contributed by atoms with Gasteiger partial charge in [0.1, 0.15) is 5.75 Å². The Kier molecular flexibility index (Phi) is 5.82. The second-order valence-electron chi connectivity index (χ2n) is 4.00. The number of halogens is 6. The summed E-state index contributed by atoms with van der Waals surface area (Å²) < 4.78 is 82.5. The summed E-state index contributed by atoms with van der Waals surface area (Å²) in [4.78, 5) is 10.7. The van der Waals surface area contributed by atoms with Crippen molar-refractivity contribution in [2.75, 3.05) is 7.11 Å². The zero-order valence-corrected chi connectivity index (χ0v) is 11.4. The number of nitrogens with one attached hydrogen (secondary N) is 1. The van der Waals surface area contributed by atoms with Crippen LogP contribution in [-0.4, -0.2) is 37.9 Å². The van der Waals surface area contributed by atoms with Crippen molar-refractivity contribution in [1.82, 2.24) is 5.43 Å². The summed E-state index contributed by atoms with van der Waals surface area (Å²) >= 11 is 0. The SMILES string of the molecule is COC(=O)N/N=C\c1ccc(OC(F)(F)[C@H](F)C(F)(F)F)cc1. The quantitative estimate of drug-likeness (QED) is 0.507. The lowest BCUT2D eigenvalue weighted by Gasteiger charge is -2.23. The molecule has 0 heterocycles. The van der Waals surface area contributed by atoms with Gasteiger partial charge in [-0.2, -0.15) is 27.1 Å². The summed E-state index contributed by atoms with van der Waals surface area (Å²) in [6, 6.07) is 4.07. The van der Waals surface area contributed by atoms with Crippen molar-refractivity contribution in [3.8, 4) is 5.75 Å². The van der Waals surface area contributed by atoms with Crippen molar-refractivity contribution in [3.63, 3.8) is 0 Å². The Balaban J connectivity index is 2.72. The third kappa shape index (κ3) is 5.68. The predicted octanol–water partition coefficient (Wildman–Crippen LogP) is 3.25. The molecule has 5 nitrogen and oxygen atoms in total. The maximum Gasteiger partial charge on any atom is 0.439 e. The number of amides is 1. The van der Waals surface area contributed by atoms with E-state index in [1.165, 1.54) is 0 Å². The Hall–Kier alpha value is -2.46. The van der Waals surface area contributed by atoms with Gasteiger partial charge in [0.05, 0.1) is 13.3 Å². The van der Waals surface area contributed by atoms with Gasteiger partial charge in [-0.3, -0.25) is 0 Å². The van der Waals surface area contributed by atoms with Crippen molar-refractivity contribution in [3.05, 3.63) is 29.8 Å². The first-order valence-corrected chi connectivity index (χ1v) is 5.81. The van der Waals surface area contributed by atoms with Crippen LogP contribution in [0.25, 0.3) is 0 Å². The number of carbonyl (C=O) groups excluding carboxylic acids is 1. The molecule has 1 N–H and O–H groups in total. The number of rotatable bonds is 5. The minimum absolute atomic E-state index is 0.296. The Morgan fingerprint density at radius 2 is 1.78 bits per heavy atom. The Labute approximate surface area is 125 Å². The van der Waals surface area contributed by atoms with E-state index in [0.717, 1.165) is 37.6 Å². The molecule has 0 bridgehead atoms. The first kappa shape index (κ1) is 18.6. The molecule has 1 amide bonds. The number of benzene rings is 1. The highest BCUT2D eigenvalue weighted by Crippen LogP contribution is 2.36. The molecule has 0 aliphatic rings. The molecular weight excluding hydrogens is 334 g/mol. The molecule has 0 spiro atoms. The second kappa shape index (κ2) is 7.20. The topological polar surface area (TPSA) is 59.9 Å². The number of hydrogen-bond donors (Lipinski definition) is 1. The molecule has 0 aliphatic carbocycles. The van der Waals surface area contributed by atoms with E-state index < -0.39 is 30.3 Å². The van der Waals surface area contributed by atoms with E-state index in [-0.39, 0.29) is 0 Å². The first-order chi connectivity index (χ1) is 10.6. The molecule has 1 aromatic carbocycles. The number of hydrogen-bond acceptors (Lipinski definition) is 4. The lowest BCUT2D eigenvalue weighted by atomic mass is 10.2. The number of ether oxygens (including phenoxy) is 2. The maximum atomic E-state index is 13.0. The van der Waals surface area contributed by atoms with E-state index >= 15 is 0 Å². The van der Waals surface area contributed by atoms with Crippen LogP contribution in [0.15, 0.2) is 29.4 Å². The number of nitrogens with zero attached hydrogens (tertiary/aromatic N) is 1. The average molecular weight is 344 g/mol. The first-order valence-electron chi connectivity index (χ1n) is 5.81. The van der Waals surface area contributed by atoms with Gasteiger partial charge in [-0.1, -0.05) is 0 Å². The highest BCUT2D eigenvalue weighted by Gasteiger charge is 2.59. The van der Waals surface area contributed by atoms with Crippen molar-refractivity contribution in [2.45, 2.75) is 18.5 Å². The molecule has 0 fully saturated rings. The average Bonchev–Trinajstić information content (AvgIpc) is 2.46. The Morgan fingerprint density at radius 1 is 1.22 bits per heavy atom. The van der Waals surface area contributed by atoms with Crippen LogP contribution in [0.3, 0.4) is 0 Å². The summed E-state index contributed by atoms with van der Waals surface area (Å²) in [5.74, 6) is -0.681. The Bertz CT molecular complexity index is 559. The zero-order chi connectivity index (χ0) is 17.7. The highest BCUT2D eigenvalue weighted by atomic mass is 19.4. The lowest BCUT2D eigenvalue weighted by Crippen LogP contribution is -2.45. The van der Waals surface area contributed by atoms with Crippen molar-refractivity contribution in [1.29, 1.82) is 0 Å². The molecular formula is C12H10F6N2O3. The van der Waals surface area contributed by atoms with Crippen LogP contribution < -0.4 is 10.2 Å². The predicted molar refractivity (Wildman–Crippen MR) is 66.1 cm³/mol. The number of hydrazone groups is 1. The van der Waals surface area contributed by atoms with Gasteiger partial charge in [0, 0.05) is 0 Å². The minimum Gasteiger partial charge on any atom is -0.452 e. The fourth-order valence-corrected chi connectivity index (χ4v) is 1.23. The van der Waals surface area contributed by atoms with Crippen LogP contribution in [0, 0.1) is 0 Å². The van der Waals surface area contributed by atoms with Gasteiger partial charge < -0.3 is 9.47 Å². The van der Waals surface area contributed by atoms with E-state index in [1.54, 1.807) is 0 Å². The summed E-state index contributed by atoms with van der Waals surface area (Å²) in [6.45, 7) is 0. The van der Waals surface area contributed by atoms with Gasteiger partial charge in [0.25, 0.3) is 6.17 Å². The molecule has 0 radical (unpaired) electrons. The molecule has 0 unspecified atom stereocenters. The van der Waals surface area contributed by atoms with Gasteiger partial charge in [-0.15, -0.1) is 0 Å². The number of carbonyl (C=O) groups is 1. The van der Waals surface area contributed by atoms with Gasteiger partial charge in [0.15, 0.2) is 0 Å². The number of alkyl halides is 6. The number of methoxy groups -OCH3 is 1. The summed E-state index contributed by atoms with van der Waals surface area (Å²) in [5.41, 5.74) is 2.24. The molecule has 128 valence electrons. The second-order valence-corrected chi connectivity index (χ2v) is 4.00. The van der Waals surface area contributed by atoms with Crippen LogP contribution in [0.5, 0.6) is 5.75 Å². The minimum atomic E-state index is -5.75. The smallest absolute Gasteiger partial charge is 0.439 e. The maximum absolute atomic E-state index is 13.0. The van der Waals surface area contributed by atoms with Crippen LogP contribution in [-0.2, 0) is 4.74 Å². The molecule has 23 heavy (non-hydrogen) atoms. The molecule has 1 atom stereocenters. The van der Waals surface area contributed by atoms with Gasteiger partial charge in [0.2, 0.25) is 0 Å². The summed E-state index contributed by atoms with van der Waals surface area (Å²) in [6.07, 6.45) is -15.0. The fraction of sp³-hybridized carbons (Fsp3) is 0.333. The third-order valence-corrected chi connectivity index (χ3v) is 2.27. The van der Waals surface area contributed by atoms with E-state index in [1.807, 2.05) is 5.43 Å². The van der Waals surface area contributed by atoms with Gasteiger partial charge in [-0.25, -0.2) is 14.6 Å². The highest BCUT2D eigenvalue weighted by molar-refractivity contribution is 5.80. The molecule has 11 heteroatoms. The standard InChI is InChI=1S/C12H10F6N2O3/c1-22-10(21)20-19-6-7-2-4-8(5-3-7)23-12(17,18)9(13)11(14,15)16/h2-6,9H,1H3,(H,20,21)/b19-6-/t9-/m1/s1. The molecule has 0 saturated carbocycles. The van der Waals surface area contributed by atoms with Crippen molar-refractivity contribution < 1.29 is 40.6 Å². The fourth-order valence-electron chi connectivity index (χ4n) is 1.23.